The molecule has 1 unspecified atom stereocenters. The zero-order valence-corrected chi connectivity index (χ0v) is 20.0. The van der Waals surface area contributed by atoms with Crippen molar-refractivity contribution in [2.75, 3.05) is 26.2 Å². The van der Waals surface area contributed by atoms with Crippen molar-refractivity contribution in [1.82, 2.24) is 24.9 Å². The van der Waals surface area contributed by atoms with E-state index >= 15 is 0 Å². The molecule has 1 aromatic carbocycles. The summed E-state index contributed by atoms with van der Waals surface area (Å²) in [6.45, 7) is 2.34. The number of hydrogen-bond donors (Lipinski definition) is 1. The number of nitrogens with one attached hydrogen (secondary N) is 1. The van der Waals surface area contributed by atoms with Crippen molar-refractivity contribution >= 4 is 40.9 Å². The van der Waals surface area contributed by atoms with E-state index in [2.05, 4.69) is 10.4 Å². The molecule has 0 saturated carbocycles. The van der Waals surface area contributed by atoms with Gasteiger partial charge in [-0.2, -0.15) is 5.10 Å². The van der Waals surface area contributed by atoms with E-state index in [9.17, 15) is 14.4 Å². The zero-order valence-electron chi connectivity index (χ0n) is 18.5. The number of halogens is 2. The maximum absolute atomic E-state index is 13.2. The van der Waals surface area contributed by atoms with Crippen molar-refractivity contribution in [3.63, 3.8) is 0 Å². The van der Waals surface area contributed by atoms with Gasteiger partial charge in [-0.3, -0.25) is 19.1 Å². The normalized spacial score (nSPS) is 19.1. The van der Waals surface area contributed by atoms with E-state index in [0.29, 0.717) is 59.7 Å². The lowest BCUT2D eigenvalue weighted by Crippen LogP contribution is -2.50. The van der Waals surface area contributed by atoms with Gasteiger partial charge < -0.3 is 15.1 Å². The van der Waals surface area contributed by atoms with Gasteiger partial charge in [0.15, 0.2) is 0 Å². The predicted molar refractivity (Wildman–Crippen MR) is 125 cm³/mol. The van der Waals surface area contributed by atoms with Crippen molar-refractivity contribution in [2.24, 2.45) is 13.0 Å². The summed E-state index contributed by atoms with van der Waals surface area (Å²) < 4.78 is 1.59. The first-order valence-corrected chi connectivity index (χ1v) is 11.9. The summed E-state index contributed by atoms with van der Waals surface area (Å²) in [4.78, 5) is 42.0. The Balaban J connectivity index is 1.30. The van der Waals surface area contributed by atoms with E-state index in [1.54, 1.807) is 47.2 Å². The monoisotopic (exact) mass is 491 g/mol. The molecule has 2 aliphatic heterocycles. The highest BCUT2D eigenvalue weighted by molar-refractivity contribution is 6.35. The minimum Gasteiger partial charge on any atom is -0.352 e. The fraction of sp³-hybridized carbons (Fsp3) is 0.478. The Kier molecular flexibility index (Phi) is 7.24. The molecule has 2 saturated heterocycles. The Labute approximate surface area is 202 Å². The van der Waals surface area contributed by atoms with Crippen LogP contribution in [0.15, 0.2) is 30.6 Å². The summed E-state index contributed by atoms with van der Waals surface area (Å²) in [5, 5.41) is 7.76. The number of likely N-dealkylation sites (tertiary alicyclic amines) is 2. The molecule has 0 bridgehead atoms. The largest absolute Gasteiger partial charge is 0.352 e. The minimum absolute atomic E-state index is 0.00757. The lowest BCUT2D eigenvalue weighted by atomic mass is 9.96. The lowest BCUT2D eigenvalue weighted by Gasteiger charge is -2.35. The lowest BCUT2D eigenvalue weighted by molar-refractivity contribution is -0.136. The van der Waals surface area contributed by atoms with Crippen LogP contribution < -0.4 is 5.32 Å². The van der Waals surface area contributed by atoms with E-state index in [-0.39, 0.29) is 17.7 Å². The SMILES string of the molecule is Cn1cc(C(=O)NCC2CCN(C(=O)C3CCCN3C(=O)c3cc(Cl)cc(Cl)c3)CC2)cn1. The Morgan fingerprint density at radius 3 is 2.36 bits per heavy atom. The highest BCUT2D eigenvalue weighted by Crippen LogP contribution is 2.27. The molecular formula is C23H27Cl2N5O3. The van der Waals surface area contributed by atoms with Crippen LogP contribution in [0.1, 0.15) is 46.4 Å². The second-order valence-corrected chi connectivity index (χ2v) is 9.57. The van der Waals surface area contributed by atoms with E-state index in [4.69, 9.17) is 23.2 Å². The summed E-state index contributed by atoms with van der Waals surface area (Å²) in [5.41, 5.74) is 0.937. The van der Waals surface area contributed by atoms with Gasteiger partial charge in [0.25, 0.3) is 11.8 Å². The van der Waals surface area contributed by atoms with Gasteiger partial charge in [-0.05, 0) is 49.8 Å². The van der Waals surface area contributed by atoms with E-state index in [1.807, 2.05) is 4.90 Å². The first-order chi connectivity index (χ1) is 15.8. The molecule has 8 nitrogen and oxygen atoms in total. The van der Waals surface area contributed by atoms with Crippen LogP contribution in [0.4, 0.5) is 0 Å². The van der Waals surface area contributed by atoms with Gasteiger partial charge in [-0.25, -0.2) is 0 Å². The molecule has 0 radical (unpaired) electrons. The molecule has 2 aromatic rings. The molecule has 1 atom stereocenters. The number of aryl methyl sites for hydroxylation is 1. The summed E-state index contributed by atoms with van der Waals surface area (Å²) in [7, 11) is 1.77. The molecule has 0 spiro atoms. The number of hydrogen-bond acceptors (Lipinski definition) is 4. The van der Waals surface area contributed by atoms with Crippen LogP contribution in [0.25, 0.3) is 0 Å². The van der Waals surface area contributed by atoms with Crippen LogP contribution >= 0.6 is 23.2 Å². The first kappa shape index (κ1) is 23.6. The highest BCUT2D eigenvalue weighted by Gasteiger charge is 2.38. The molecule has 10 heteroatoms. The highest BCUT2D eigenvalue weighted by atomic mass is 35.5. The summed E-state index contributed by atoms with van der Waals surface area (Å²) in [6, 6.07) is 4.29. The van der Waals surface area contributed by atoms with Crippen molar-refractivity contribution in [2.45, 2.75) is 31.7 Å². The smallest absolute Gasteiger partial charge is 0.254 e. The van der Waals surface area contributed by atoms with Crippen molar-refractivity contribution in [3.05, 3.63) is 51.8 Å². The summed E-state index contributed by atoms with van der Waals surface area (Å²) in [5.74, 6) is -0.0532. The number of piperidine rings is 1. The van der Waals surface area contributed by atoms with Gasteiger partial charge in [0.05, 0.1) is 11.8 Å². The average Bonchev–Trinajstić information content (AvgIpc) is 3.45. The quantitative estimate of drug-likeness (QED) is 0.696. The standard InChI is InChI=1S/C23H27Cl2N5O3/c1-28-14-17(13-27-28)21(31)26-12-15-4-7-29(8-5-15)23(33)20-3-2-6-30(20)22(32)16-9-18(24)11-19(25)10-16/h9-11,13-15,20H,2-8,12H2,1H3,(H,26,31). The van der Waals surface area contributed by atoms with Gasteiger partial charge in [0.1, 0.15) is 6.04 Å². The number of nitrogens with zero attached hydrogens (tertiary/aromatic N) is 4. The minimum atomic E-state index is -0.461. The Hall–Kier alpha value is -2.58. The van der Waals surface area contributed by atoms with E-state index in [1.165, 1.54) is 0 Å². The summed E-state index contributed by atoms with van der Waals surface area (Å²) in [6.07, 6.45) is 6.28. The van der Waals surface area contributed by atoms with Crippen molar-refractivity contribution in [3.8, 4) is 0 Å². The molecule has 33 heavy (non-hydrogen) atoms. The summed E-state index contributed by atoms with van der Waals surface area (Å²) >= 11 is 12.1. The number of carbonyl (C=O) groups is 3. The van der Waals surface area contributed by atoms with E-state index in [0.717, 1.165) is 19.3 Å². The number of rotatable bonds is 5. The Morgan fingerprint density at radius 2 is 1.73 bits per heavy atom. The number of amides is 3. The second kappa shape index (κ2) is 10.1. The van der Waals surface area contributed by atoms with E-state index < -0.39 is 6.04 Å². The zero-order chi connectivity index (χ0) is 23.5. The number of benzene rings is 1. The third kappa shape index (κ3) is 5.50. The maximum Gasteiger partial charge on any atom is 0.254 e. The first-order valence-electron chi connectivity index (χ1n) is 11.1. The van der Waals surface area contributed by atoms with Crippen LogP contribution in [0.2, 0.25) is 10.0 Å². The van der Waals surface area contributed by atoms with Gasteiger partial charge in [-0.15, -0.1) is 0 Å². The predicted octanol–water partition coefficient (Wildman–Crippen LogP) is 3.00. The molecule has 3 heterocycles. The molecule has 1 aromatic heterocycles. The van der Waals surface area contributed by atoms with Crippen LogP contribution in [0.3, 0.4) is 0 Å². The molecule has 2 fully saturated rings. The van der Waals surface area contributed by atoms with Crippen LogP contribution in [-0.4, -0.2) is 69.5 Å². The van der Waals surface area contributed by atoms with Gasteiger partial charge in [0.2, 0.25) is 5.91 Å². The third-order valence-corrected chi connectivity index (χ3v) is 6.79. The van der Waals surface area contributed by atoms with Gasteiger partial charge in [0, 0.05) is 55.0 Å². The van der Waals surface area contributed by atoms with Crippen molar-refractivity contribution in [1.29, 1.82) is 0 Å². The van der Waals surface area contributed by atoms with Gasteiger partial charge >= 0.3 is 0 Å². The van der Waals surface area contributed by atoms with Crippen LogP contribution in [0, 0.1) is 5.92 Å². The molecule has 1 N–H and O–H groups in total. The Bertz CT molecular complexity index is 1030. The van der Waals surface area contributed by atoms with Crippen LogP contribution in [-0.2, 0) is 11.8 Å². The third-order valence-electron chi connectivity index (χ3n) is 6.35. The van der Waals surface area contributed by atoms with Gasteiger partial charge in [-0.1, -0.05) is 23.2 Å². The number of aromatic nitrogens is 2. The fourth-order valence-corrected chi connectivity index (χ4v) is 5.08. The average molecular weight is 492 g/mol. The molecule has 0 aliphatic carbocycles. The van der Waals surface area contributed by atoms with Crippen molar-refractivity contribution < 1.29 is 14.4 Å². The fourth-order valence-electron chi connectivity index (χ4n) is 4.56. The maximum atomic E-state index is 13.2. The topological polar surface area (TPSA) is 87.5 Å². The second-order valence-electron chi connectivity index (χ2n) is 8.70. The molecule has 3 amide bonds. The molecule has 176 valence electrons. The molecule has 4 rings (SSSR count). The van der Waals surface area contributed by atoms with Crippen LogP contribution in [0.5, 0.6) is 0 Å². The number of carbonyl (C=O) groups excluding carboxylic acids is 3. The molecular weight excluding hydrogens is 465 g/mol. The Morgan fingerprint density at radius 1 is 1.03 bits per heavy atom. The molecule has 2 aliphatic rings.